The number of nitrogens with one attached hydrogen (secondary N) is 1. The Kier molecular flexibility index (Phi) is 4.68. The fourth-order valence-corrected chi connectivity index (χ4v) is 3.02. The maximum absolute atomic E-state index is 12.2. The predicted molar refractivity (Wildman–Crippen MR) is 92.9 cm³/mol. The summed E-state index contributed by atoms with van der Waals surface area (Å²) in [6, 6.07) is 10.9. The summed E-state index contributed by atoms with van der Waals surface area (Å²) in [5.74, 6) is -0.180. The molecule has 7 heteroatoms. The van der Waals surface area contributed by atoms with Crippen molar-refractivity contribution in [3.05, 3.63) is 58.0 Å². The van der Waals surface area contributed by atoms with Crippen molar-refractivity contribution in [2.24, 2.45) is 0 Å². The third kappa shape index (κ3) is 3.50. The molecule has 6 nitrogen and oxygen atoms in total. The number of aromatic nitrogens is 2. The molecule has 0 aliphatic heterocycles. The number of amides is 1. The van der Waals surface area contributed by atoms with Crippen LogP contribution in [0.3, 0.4) is 0 Å². The van der Waals surface area contributed by atoms with Crippen LogP contribution in [-0.2, 0) is 17.8 Å². The molecule has 0 aliphatic rings. The van der Waals surface area contributed by atoms with Crippen LogP contribution in [0.1, 0.15) is 12.0 Å². The summed E-state index contributed by atoms with van der Waals surface area (Å²) in [7, 11) is 0. The van der Waals surface area contributed by atoms with Crippen LogP contribution in [0.5, 0.6) is 0 Å². The Bertz CT molecular complexity index is 967. The van der Waals surface area contributed by atoms with Gasteiger partial charge in [0.1, 0.15) is 4.83 Å². The first-order valence-corrected chi connectivity index (χ1v) is 8.24. The molecule has 0 aliphatic carbocycles. The van der Waals surface area contributed by atoms with Gasteiger partial charge in [-0.25, -0.2) is 4.98 Å². The number of anilines is 1. The minimum absolute atomic E-state index is 0.130. The molecule has 24 heavy (non-hydrogen) atoms. The van der Waals surface area contributed by atoms with Gasteiger partial charge in [-0.3, -0.25) is 14.2 Å². The zero-order chi connectivity index (χ0) is 16.9. The Morgan fingerprint density at radius 2 is 2.08 bits per heavy atom. The lowest BCUT2D eigenvalue weighted by Crippen LogP contribution is -2.23. The normalized spacial score (nSPS) is 10.5. The average Bonchev–Trinajstić information content (AvgIpc) is 3.06. The number of aryl methyl sites for hydroxylation is 1. The van der Waals surface area contributed by atoms with Gasteiger partial charge < -0.3 is 5.32 Å². The van der Waals surface area contributed by atoms with Gasteiger partial charge in [-0.15, -0.1) is 11.3 Å². The molecule has 0 radical (unpaired) electrons. The number of hydrogen-bond donors (Lipinski definition) is 1. The highest BCUT2D eigenvalue weighted by Gasteiger charge is 2.07. The summed E-state index contributed by atoms with van der Waals surface area (Å²) in [6.45, 7) is 0.274. The molecule has 1 aromatic carbocycles. The van der Waals surface area contributed by atoms with E-state index < -0.39 is 0 Å². The largest absolute Gasteiger partial charge is 0.326 e. The summed E-state index contributed by atoms with van der Waals surface area (Å²) in [4.78, 5) is 29.2. The van der Waals surface area contributed by atoms with E-state index in [0.717, 1.165) is 5.56 Å². The molecule has 2 heterocycles. The molecule has 0 saturated heterocycles. The van der Waals surface area contributed by atoms with Crippen LogP contribution in [0.15, 0.2) is 46.8 Å². The van der Waals surface area contributed by atoms with E-state index in [4.69, 9.17) is 5.26 Å². The van der Waals surface area contributed by atoms with Crippen molar-refractivity contribution < 1.29 is 4.79 Å². The lowest BCUT2D eigenvalue weighted by Gasteiger charge is -2.07. The molecular weight excluding hydrogens is 324 g/mol. The van der Waals surface area contributed by atoms with Gasteiger partial charge in [0.25, 0.3) is 5.56 Å². The van der Waals surface area contributed by atoms with E-state index in [0.29, 0.717) is 22.3 Å². The molecule has 3 rings (SSSR count). The van der Waals surface area contributed by atoms with E-state index in [9.17, 15) is 9.59 Å². The second-order valence-electron chi connectivity index (χ2n) is 5.21. The van der Waals surface area contributed by atoms with Gasteiger partial charge in [-0.1, -0.05) is 12.1 Å². The first-order chi connectivity index (χ1) is 11.7. The van der Waals surface area contributed by atoms with E-state index in [2.05, 4.69) is 16.4 Å². The smallest absolute Gasteiger partial charge is 0.262 e. The number of carbonyl (C=O) groups excluding carboxylic acids is 1. The van der Waals surface area contributed by atoms with E-state index in [1.54, 1.807) is 30.3 Å². The molecule has 1 N–H and O–H groups in total. The zero-order valence-corrected chi connectivity index (χ0v) is 13.5. The van der Waals surface area contributed by atoms with Crippen molar-refractivity contribution in [3.8, 4) is 6.07 Å². The third-order valence-electron chi connectivity index (χ3n) is 3.55. The molecule has 0 bridgehead atoms. The van der Waals surface area contributed by atoms with Crippen molar-refractivity contribution in [3.63, 3.8) is 0 Å². The van der Waals surface area contributed by atoms with Gasteiger partial charge in [-0.2, -0.15) is 5.26 Å². The van der Waals surface area contributed by atoms with Gasteiger partial charge in [-0.05, 0) is 29.1 Å². The molecule has 0 saturated carbocycles. The second-order valence-corrected chi connectivity index (χ2v) is 6.11. The molecular formula is C17H14N4O2S. The van der Waals surface area contributed by atoms with Crippen LogP contribution in [0.2, 0.25) is 0 Å². The number of nitriles is 1. The number of thiophene rings is 1. The predicted octanol–water partition coefficient (Wildman–Crippen LogP) is 2.55. The maximum Gasteiger partial charge on any atom is 0.262 e. The molecule has 3 aromatic rings. The Labute approximate surface area is 142 Å². The Balaban J connectivity index is 1.61. The van der Waals surface area contributed by atoms with Crippen molar-refractivity contribution >= 4 is 33.1 Å². The summed E-state index contributed by atoms with van der Waals surface area (Å²) in [5, 5.41) is 13.8. The van der Waals surface area contributed by atoms with Crippen LogP contribution >= 0.6 is 11.3 Å². The summed E-state index contributed by atoms with van der Waals surface area (Å²) < 4.78 is 1.45. The van der Waals surface area contributed by atoms with E-state index >= 15 is 0 Å². The summed E-state index contributed by atoms with van der Waals surface area (Å²) in [6.07, 6.45) is 2.00. The standard InChI is InChI=1S/C17H14N4O2S/c18-8-5-12-1-3-13(4-2-12)20-15(22)6-9-21-11-19-16-14(17(21)23)7-10-24-16/h1-4,7,10-11H,5-6,9H2,(H,20,22). The molecule has 1 amide bonds. The Morgan fingerprint density at radius 1 is 1.29 bits per heavy atom. The highest BCUT2D eigenvalue weighted by atomic mass is 32.1. The SMILES string of the molecule is N#CCc1ccc(NC(=O)CCn2cnc3sccc3c2=O)cc1. The van der Waals surface area contributed by atoms with E-state index in [1.807, 2.05) is 5.38 Å². The van der Waals surface area contributed by atoms with Gasteiger partial charge in [0.15, 0.2) is 0 Å². The number of nitrogens with zero attached hydrogens (tertiary/aromatic N) is 3. The number of carbonyl (C=O) groups is 1. The van der Waals surface area contributed by atoms with E-state index in [-0.39, 0.29) is 24.4 Å². The fourth-order valence-electron chi connectivity index (χ4n) is 2.30. The van der Waals surface area contributed by atoms with Crippen LogP contribution in [0.25, 0.3) is 10.2 Å². The first-order valence-electron chi connectivity index (χ1n) is 7.36. The number of fused-ring (bicyclic) bond motifs is 1. The van der Waals surface area contributed by atoms with Crippen molar-refractivity contribution in [2.45, 2.75) is 19.4 Å². The second kappa shape index (κ2) is 7.06. The minimum atomic E-state index is -0.180. The Hall–Kier alpha value is -2.98. The summed E-state index contributed by atoms with van der Waals surface area (Å²) in [5.41, 5.74) is 1.44. The lowest BCUT2D eigenvalue weighted by molar-refractivity contribution is -0.116. The molecule has 0 unspecified atom stereocenters. The van der Waals surface area contributed by atoms with Crippen LogP contribution in [0.4, 0.5) is 5.69 Å². The topological polar surface area (TPSA) is 87.8 Å². The molecule has 0 atom stereocenters. The molecule has 120 valence electrons. The van der Waals surface area contributed by atoms with Gasteiger partial charge in [0, 0.05) is 18.7 Å². The molecule has 2 aromatic heterocycles. The number of hydrogen-bond acceptors (Lipinski definition) is 5. The van der Waals surface area contributed by atoms with Gasteiger partial charge >= 0.3 is 0 Å². The lowest BCUT2D eigenvalue weighted by atomic mass is 10.1. The van der Waals surface area contributed by atoms with Crippen molar-refractivity contribution in [2.75, 3.05) is 5.32 Å². The van der Waals surface area contributed by atoms with Crippen LogP contribution < -0.4 is 10.9 Å². The fraction of sp³-hybridized carbons (Fsp3) is 0.176. The third-order valence-corrected chi connectivity index (χ3v) is 4.37. The van der Waals surface area contributed by atoms with Crippen molar-refractivity contribution in [1.82, 2.24) is 9.55 Å². The van der Waals surface area contributed by atoms with Crippen molar-refractivity contribution in [1.29, 1.82) is 5.26 Å². The molecule has 0 spiro atoms. The first kappa shape index (κ1) is 15.9. The average molecular weight is 338 g/mol. The monoisotopic (exact) mass is 338 g/mol. The Morgan fingerprint density at radius 3 is 2.83 bits per heavy atom. The van der Waals surface area contributed by atoms with Crippen LogP contribution in [0, 0.1) is 11.3 Å². The summed E-state index contributed by atoms with van der Waals surface area (Å²) >= 11 is 1.42. The minimum Gasteiger partial charge on any atom is -0.326 e. The van der Waals surface area contributed by atoms with Crippen LogP contribution in [-0.4, -0.2) is 15.5 Å². The van der Waals surface area contributed by atoms with Gasteiger partial charge in [0.05, 0.1) is 24.2 Å². The molecule has 0 fully saturated rings. The quantitative estimate of drug-likeness (QED) is 0.774. The maximum atomic E-state index is 12.2. The number of benzene rings is 1. The number of rotatable bonds is 5. The highest BCUT2D eigenvalue weighted by Crippen LogP contribution is 2.13. The zero-order valence-electron chi connectivity index (χ0n) is 12.7. The highest BCUT2D eigenvalue weighted by molar-refractivity contribution is 7.16. The van der Waals surface area contributed by atoms with Gasteiger partial charge in [0.2, 0.25) is 5.91 Å². The van der Waals surface area contributed by atoms with E-state index in [1.165, 1.54) is 22.2 Å².